The SMILES string of the molecule is COC(=O)CC1SC2=C(C(=O)Nc3ccc(C)cc3)C(c3ccccc3Cl)C(C#N)=C(N)N2C1=O. The Hall–Kier alpha value is -3.74. The van der Waals surface area contributed by atoms with Crippen LogP contribution < -0.4 is 11.1 Å². The molecule has 2 aromatic carbocycles. The number of rotatable bonds is 5. The number of nitriles is 1. The van der Waals surface area contributed by atoms with E-state index in [-0.39, 0.29) is 28.4 Å². The van der Waals surface area contributed by atoms with Crippen LogP contribution in [-0.2, 0) is 19.1 Å². The van der Waals surface area contributed by atoms with Crippen LogP contribution in [0.25, 0.3) is 0 Å². The number of hydrogen-bond acceptors (Lipinski definition) is 7. The quantitative estimate of drug-likeness (QED) is 0.588. The summed E-state index contributed by atoms with van der Waals surface area (Å²) in [6.07, 6.45) is -0.210. The number of methoxy groups -OCH3 is 1. The van der Waals surface area contributed by atoms with Crippen molar-refractivity contribution in [2.45, 2.75) is 24.5 Å². The van der Waals surface area contributed by atoms with Crippen LogP contribution in [0.3, 0.4) is 0 Å². The first-order chi connectivity index (χ1) is 16.8. The fraction of sp³-hybridized carbons (Fsp3) is 0.200. The summed E-state index contributed by atoms with van der Waals surface area (Å²) in [5, 5.41) is 12.7. The van der Waals surface area contributed by atoms with E-state index < -0.39 is 29.0 Å². The predicted molar refractivity (Wildman–Crippen MR) is 133 cm³/mol. The molecule has 35 heavy (non-hydrogen) atoms. The average molecular weight is 509 g/mol. The van der Waals surface area contributed by atoms with Gasteiger partial charge in [0.15, 0.2) is 0 Å². The average Bonchev–Trinajstić information content (AvgIpc) is 3.16. The number of halogens is 1. The molecule has 0 spiro atoms. The standard InChI is InChI=1S/C25H21ClN4O4S/c1-13-7-9-14(10-8-13)29-23(32)21-20(15-5-3-4-6-17(15)26)16(12-27)22(28)30-24(33)18(35-25(21)30)11-19(31)34-2/h3-10,18,20H,11,28H2,1-2H3,(H,29,32). The smallest absolute Gasteiger partial charge is 0.307 e. The number of thioether (sulfide) groups is 1. The summed E-state index contributed by atoms with van der Waals surface area (Å²) in [6.45, 7) is 1.93. The number of amides is 2. The van der Waals surface area contributed by atoms with Crippen LogP contribution in [0.5, 0.6) is 0 Å². The van der Waals surface area contributed by atoms with Crippen molar-refractivity contribution in [3.8, 4) is 6.07 Å². The van der Waals surface area contributed by atoms with Crippen molar-refractivity contribution < 1.29 is 19.1 Å². The van der Waals surface area contributed by atoms with Gasteiger partial charge in [0.25, 0.3) is 5.91 Å². The minimum Gasteiger partial charge on any atom is -0.469 e. The molecule has 178 valence electrons. The molecule has 2 unspecified atom stereocenters. The lowest BCUT2D eigenvalue weighted by molar-refractivity contribution is -0.142. The van der Waals surface area contributed by atoms with Gasteiger partial charge in [0.1, 0.15) is 11.1 Å². The highest BCUT2D eigenvalue weighted by Crippen LogP contribution is 2.50. The molecule has 2 atom stereocenters. The molecule has 2 aromatic rings. The van der Waals surface area contributed by atoms with Crippen LogP contribution in [0.1, 0.15) is 23.5 Å². The molecule has 2 heterocycles. The van der Waals surface area contributed by atoms with E-state index in [0.717, 1.165) is 22.2 Å². The van der Waals surface area contributed by atoms with E-state index in [9.17, 15) is 19.6 Å². The number of esters is 1. The van der Waals surface area contributed by atoms with Gasteiger partial charge < -0.3 is 15.8 Å². The number of carbonyl (C=O) groups excluding carboxylic acids is 3. The van der Waals surface area contributed by atoms with Crippen molar-refractivity contribution >= 4 is 46.8 Å². The van der Waals surface area contributed by atoms with Crippen molar-refractivity contribution in [1.29, 1.82) is 5.26 Å². The topological polar surface area (TPSA) is 126 Å². The van der Waals surface area contributed by atoms with E-state index in [1.54, 1.807) is 36.4 Å². The molecule has 0 bridgehead atoms. The van der Waals surface area contributed by atoms with Crippen molar-refractivity contribution in [3.05, 3.63) is 86.7 Å². The zero-order valence-electron chi connectivity index (χ0n) is 18.9. The highest BCUT2D eigenvalue weighted by molar-refractivity contribution is 8.04. The largest absolute Gasteiger partial charge is 0.469 e. The van der Waals surface area contributed by atoms with E-state index in [2.05, 4.69) is 11.4 Å². The highest BCUT2D eigenvalue weighted by Gasteiger charge is 2.48. The van der Waals surface area contributed by atoms with Crippen molar-refractivity contribution in [3.63, 3.8) is 0 Å². The van der Waals surface area contributed by atoms with Crippen LogP contribution in [-0.4, -0.2) is 35.0 Å². The second-order valence-corrected chi connectivity index (χ2v) is 9.56. The van der Waals surface area contributed by atoms with Crippen molar-refractivity contribution in [2.24, 2.45) is 5.73 Å². The van der Waals surface area contributed by atoms with Gasteiger partial charge in [0.05, 0.1) is 41.7 Å². The number of ether oxygens (including phenoxy) is 1. The summed E-state index contributed by atoms with van der Waals surface area (Å²) < 4.78 is 4.72. The molecular weight excluding hydrogens is 488 g/mol. The third-order valence-corrected chi connectivity index (χ3v) is 7.37. The number of benzene rings is 2. The van der Waals surface area contributed by atoms with E-state index in [1.165, 1.54) is 7.11 Å². The van der Waals surface area contributed by atoms with E-state index in [4.69, 9.17) is 22.1 Å². The first-order valence-corrected chi connectivity index (χ1v) is 11.9. The Morgan fingerprint density at radius 3 is 2.54 bits per heavy atom. The number of nitrogens with one attached hydrogen (secondary N) is 1. The van der Waals surface area contributed by atoms with Crippen LogP contribution in [0.15, 0.2) is 70.5 Å². The summed E-state index contributed by atoms with van der Waals surface area (Å²) in [5.41, 5.74) is 8.55. The van der Waals surface area contributed by atoms with Crippen LogP contribution in [0.2, 0.25) is 5.02 Å². The van der Waals surface area contributed by atoms with Crippen molar-refractivity contribution in [1.82, 2.24) is 4.90 Å². The third-order valence-electron chi connectivity index (χ3n) is 5.75. The minimum atomic E-state index is -0.914. The number of carbonyl (C=O) groups is 3. The summed E-state index contributed by atoms with van der Waals surface area (Å²) in [6, 6.07) is 16.1. The van der Waals surface area contributed by atoms with E-state index in [0.29, 0.717) is 16.3 Å². The van der Waals surface area contributed by atoms with Gasteiger partial charge in [-0.1, -0.05) is 59.3 Å². The van der Waals surface area contributed by atoms with E-state index in [1.807, 2.05) is 19.1 Å². The van der Waals surface area contributed by atoms with Gasteiger partial charge in [-0.3, -0.25) is 19.3 Å². The summed E-state index contributed by atoms with van der Waals surface area (Å²) in [5.74, 6) is -2.60. The van der Waals surface area contributed by atoms with Crippen LogP contribution in [0, 0.1) is 18.3 Å². The van der Waals surface area contributed by atoms with E-state index >= 15 is 0 Å². The summed E-state index contributed by atoms with van der Waals surface area (Å²) >= 11 is 7.53. The molecule has 1 saturated heterocycles. The van der Waals surface area contributed by atoms with Gasteiger partial charge in [-0.25, -0.2) is 0 Å². The Balaban J connectivity index is 1.89. The van der Waals surface area contributed by atoms with Gasteiger partial charge in [-0.05, 0) is 30.7 Å². The van der Waals surface area contributed by atoms with Gasteiger partial charge in [-0.15, -0.1) is 0 Å². The number of hydrogen-bond donors (Lipinski definition) is 2. The maximum atomic E-state index is 13.7. The Morgan fingerprint density at radius 2 is 1.91 bits per heavy atom. The summed E-state index contributed by atoms with van der Waals surface area (Å²) in [7, 11) is 1.23. The maximum absolute atomic E-state index is 13.7. The molecule has 10 heteroatoms. The lowest BCUT2D eigenvalue weighted by Crippen LogP contribution is -2.39. The molecule has 2 amide bonds. The lowest BCUT2D eigenvalue weighted by Gasteiger charge is -2.32. The van der Waals surface area contributed by atoms with Crippen LogP contribution >= 0.6 is 23.4 Å². The Labute approximate surface area is 211 Å². The normalized spacial score (nSPS) is 19.4. The molecule has 3 N–H and O–H groups in total. The molecule has 8 nitrogen and oxygen atoms in total. The van der Waals surface area contributed by atoms with Crippen LogP contribution in [0.4, 0.5) is 5.69 Å². The van der Waals surface area contributed by atoms with Gasteiger partial charge in [-0.2, -0.15) is 5.26 Å². The van der Waals surface area contributed by atoms with Gasteiger partial charge >= 0.3 is 5.97 Å². The number of anilines is 1. The molecule has 2 aliphatic heterocycles. The lowest BCUT2D eigenvalue weighted by atomic mass is 9.82. The number of aryl methyl sites for hydroxylation is 1. The first-order valence-electron chi connectivity index (χ1n) is 10.6. The molecule has 1 fully saturated rings. The van der Waals surface area contributed by atoms with Crippen molar-refractivity contribution in [2.75, 3.05) is 12.4 Å². The molecule has 4 rings (SSSR count). The molecule has 2 aliphatic rings. The molecular formula is C25H21ClN4O4S. The van der Waals surface area contributed by atoms with Gasteiger partial charge in [0.2, 0.25) is 5.91 Å². The Morgan fingerprint density at radius 1 is 1.23 bits per heavy atom. The Kier molecular flexibility index (Phi) is 6.87. The second-order valence-electron chi connectivity index (χ2n) is 7.96. The fourth-order valence-corrected chi connectivity index (χ4v) is 5.57. The minimum absolute atomic E-state index is 0.0172. The molecule has 0 radical (unpaired) electrons. The number of nitrogens with two attached hydrogens (primary N) is 1. The number of nitrogens with zero attached hydrogens (tertiary/aromatic N) is 2. The second kappa shape index (κ2) is 9.86. The number of allylic oxidation sites excluding steroid dienone is 1. The fourth-order valence-electron chi connectivity index (χ4n) is 4.00. The zero-order valence-corrected chi connectivity index (χ0v) is 20.4. The Bertz CT molecular complexity index is 1330. The maximum Gasteiger partial charge on any atom is 0.307 e. The predicted octanol–water partition coefficient (Wildman–Crippen LogP) is 3.80. The third kappa shape index (κ3) is 4.50. The van der Waals surface area contributed by atoms with Gasteiger partial charge in [0, 0.05) is 10.7 Å². The highest BCUT2D eigenvalue weighted by atomic mass is 35.5. The monoisotopic (exact) mass is 508 g/mol. The zero-order chi connectivity index (χ0) is 25.3. The molecule has 0 aromatic heterocycles. The summed E-state index contributed by atoms with van der Waals surface area (Å²) in [4.78, 5) is 40.0. The molecule has 0 saturated carbocycles. The number of fused-ring (bicyclic) bond motifs is 1. The first kappa shape index (κ1) is 24.4. The molecule has 0 aliphatic carbocycles.